The first kappa shape index (κ1) is 24.9. The number of alkyl carbamates (subject to hydrolysis) is 1. The summed E-state index contributed by atoms with van der Waals surface area (Å²) in [6.45, 7) is 11.4. The number of methoxy groups -OCH3 is 1. The molecule has 0 spiro atoms. The van der Waals surface area contributed by atoms with Crippen LogP contribution in [0.3, 0.4) is 0 Å². The summed E-state index contributed by atoms with van der Waals surface area (Å²) in [5, 5.41) is 2.64. The quantitative estimate of drug-likeness (QED) is 0.647. The summed E-state index contributed by atoms with van der Waals surface area (Å²) >= 11 is 0. The van der Waals surface area contributed by atoms with Crippen molar-refractivity contribution in [1.29, 1.82) is 0 Å². The van der Waals surface area contributed by atoms with Crippen LogP contribution in [0.4, 0.5) is 4.79 Å². The highest BCUT2D eigenvalue weighted by Gasteiger charge is 2.42. The first-order valence-corrected chi connectivity index (χ1v) is 10.5. The highest BCUT2D eigenvalue weighted by molar-refractivity contribution is 5.81. The first-order valence-electron chi connectivity index (χ1n) is 10.5. The van der Waals surface area contributed by atoms with Crippen LogP contribution in [0.15, 0.2) is 24.3 Å². The van der Waals surface area contributed by atoms with Gasteiger partial charge in [0.15, 0.2) is 5.79 Å². The highest BCUT2D eigenvalue weighted by atomic mass is 16.7. The van der Waals surface area contributed by atoms with Crippen LogP contribution < -0.4 is 10.1 Å². The molecule has 1 fully saturated rings. The number of carbonyl (C=O) groups is 2. The maximum Gasteiger partial charge on any atom is 0.408 e. The van der Waals surface area contributed by atoms with E-state index >= 15 is 0 Å². The number of amides is 1. The summed E-state index contributed by atoms with van der Waals surface area (Å²) in [4.78, 5) is 25.2. The van der Waals surface area contributed by atoms with Crippen molar-refractivity contribution in [3.63, 3.8) is 0 Å². The van der Waals surface area contributed by atoms with E-state index in [4.69, 9.17) is 23.7 Å². The number of benzene rings is 1. The average Bonchev–Trinajstić information content (AvgIpc) is 3.12. The summed E-state index contributed by atoms with van der Waals surface area (Å²) in [5.41, 5.74) is -0.667. The number of nitrogens with one attached hydrogen (secondary N) is 1. The lowest BCUT2D eigenvalue weighted by molar-refractivity contribution is -0.176. The van der Waals surface area contributed by atoms with Crippen LogP contribution in [0.1, 0.15) is 59.9 Å². The molecule has 1 aliphatic heterocycles. The number of hydrogen-bond acceptors (Lipinski definition) is 7. The Labute approximate surface area is 184 Å². The van der Waals surface area contributed by atoms with Crippen LogP contribution >= 0.6 is 0 Å². The molecule has 1 N–H and O–H groups in total. The van der Waals surface area contributed by atoms with E-state index in [0.29, 0.717) is 25.4 Å². The van der Waals surface area contributed by atoms with Crippen molar-refractivity contribution >= 4 is 12.1 Å². The lowest BCUT2D eigenvalue weighted by Crippen LogP contribution is -2.47. The Morgan fingerprint density at radius 2 is 1.61 bits per heavy atom. The van der Waals surface area contributed by atoms with Gasteiger partial charge >= 0.3 is 12.1 Å². The maximum absolute atomic E-state index is 12.8. The van der Waals surface area contributed by atoms with Crippen LogP contribution in [0, 0.1) is 0 Å². The van der Waals surface area contributed by atoms with E-state index in [0.717, 1.165) is 5.56 Å². The van der Waals surface area contributed by atoms with Crippen LogP contribution in [0.25, 0.3) is 0 Å². The zero-order valence-electron chi connectivity index (χ0n) is 19.6. The largest absolute Gasteiger partial charge is 0.496 e. The van der Waals surface area contributed by atoms with E-state index in [1.54, 1.807) is 48.7 Å². The van der Waals surface area contributed by atoms with Crippen molar-refractivity contribution in [1.82, 2.24) is 5.32 Å². The van der Waals surface area contributed by atoms with Gasteiger partial charge in [-0.25, -0.2) is 9.59 Å². The van der Waals surface area contributed by atoms with Gasteiger partial charge in [-0.15, -0.1) is 0 Å². The molecule has 1 aliphatic rings. The molecule has 174 valence electrons. The van der Waals surface area contributed by atoms with E-state index in [2.05, 4.69) is 5.32 Å². The van der Waals surface area contributed by atoms with Crippen molar-refractivity contribution in [3.8, 4) is 5.75 Å². The minimum Gasteiger partial charge on any atom is -0.496 e. The second-order valence-electron chi connectivity index (χ2n) is 9.42. The van der Waals surface area contributed by atoms with Gasteiger partial charge in [-0.1, -0.05) is 12.1 Å². The monoisotopic (exact) mass is 437 g/mol. The SMILES string of the molecule is COc1ccccc1C1(CC[C@H](NC(=O)OC(C)(C)C)C(=O)OC(C)(C)C)OCCO1. The van der Waals surface area contributed by atoms with Crippen molar-refractivity contribution in [3.05, 3.63) is 29.8 Å². The van der Waals surface area contributed by atoms with Crippen LogP contribution in [0.5, 0.6) is 5.75 Å². The number of carbonyl (C=O) groups excluding carboxylic acids is 2. The summed E-state index contributed by atoms with van der Waals surface area (Å²) in [6, 6.07) is 6.49. The Hall–Kier alpha value is -2.32. The Morgan fingerprint density at radius 1 is 1.03 bits per heavy atom. The van der Waals surface area contributed by atoms with Gasteiger partial charge in [0.1, 0.15) is 23.0 Å². The summed E-state index contributed by atoms with van der Waals surface area (Å²) in [5.74, 6) is -1.01. The molecule has 31 heavy (non-hydrogen) atoms. The van der Waals surface area contributed by atoms with E-state index in [9.17, 15) is 9.59 Å². The molecule has 1 amide bonds. The minimum atomic E-state index is -1.08. The van der Waals surface area contributed by atoms with Crippen molar-refractivity contribution < 1.29 is 33.3 Å². The maximum atomic E-state index is 12.8. The third-order valence-corrected chi connectivity index (χ3v) is 4.42. The van der Waals surface area contributed by atoms with Gasteiger partial charge in [-0.3, -0.25) is 0 Å². The molecule has 0 unspecified atom stereocenters. The summed E-state index contributed by atoms with van der Waals surface area (Å²) in [7, 11) is 1.58. The predicted molar refractivity (Wildman–Crippen MR) is 115 cm³/mol. The van der Waals surface area contributed by atoms with E-state index in [1.165, 1.54) is 0 Å². The Kier molecular flexibility index (Phi) is 7.94. The molecule has 1 aromatic rings. The Bertz CT molecular complexity index is 758. The van der Waals surface area contributed by atoms with E-state index < -0.39 is 35.1 Å². The molecule has 0 aliphatic carbocycles. The van der Waals surface area contributed by atoms with Gasteiger partial charge in [0.25, 0.3) is 0 Å². The zero-order valence-corrected chi connectivity index (χ0v) is 19.6. The fourth-order valence-corrected chi connectivity index (χ4v) is 3.25. The fourth-order valence-electron chi connectivity index (χ4n) is 3.25. The second-order valence-corrected chi connectivity index (χ2v) is 9.42. The van der Waals surface area contributed by atoms with Gasteiger partial charge in [0, 0.05) is 6.42 Å². The molecule has 0 bridgehead atoms. The summed E-state index contributed by atoms with van der Waals surface area (Å²) in [6.07, 6.45) is -0.179. The molecule has 2 rings (SSSR count). The van der Waals surface area contributed by atoms with Crippen molar-refractivity contribution in [2.75, 3.05) is 20.3 Å². The van der Waals surface area contributed by atoms with Gasteiger partial charge < -0.3 is 29.0 Å². The molecule has 8 nitrogen and oxygen atoms in total. The van der Waals surface area contributed by atoms with Crippen molar-refractivity contribution in [2.24, 2.45) is 0 Å². The molecule has 1 heterocycles. The highest BCUT2D eigenvalue weighted by Crippen LogP contribution is 2.41. The zero-order chi connectivity index (χ0) is 23.3. The minimum absolute atomic E-state index is 0.214. The molecule has 0 aromatic heterocycles. The van der Waals surface area contributed by atoms with Gasteiger partial charge in [-0.2, -0.15) is 0 Å². The molecular formula is C23H35NO7. The Balaban J connectivity index is 2.23. The normalized spacial score (nSPS) is 17.0. The van der Waals surface area contributed by atoms with Crippen LogP contribution in [0.2, 0.25) is 0 Å². The van der Waals surface area contributed by atoms with E-state index in [1.807, 2.05) is 24.3 Å². The molecule has 0 radical (unpaired) electrons. The number of para-hydroxylation sites is 1. The lowest BCUT2D eigenvalue weighted by Gasteiger charge is -2.31. The van der Waals surface area contributed by atoms with Gasteiger partial charge in [0.05, 0.1) is 25.9 Å². The number of ether oxygens (including phenoxy) is 5. The third-order valence-electron chi connectivity index (χ3n) is 4.42. The van der Waals surface area contributed by atoms with Gasteiger partial charge in [-0.05, 0) is 60.1 Å². The smallest absolute Gasteiger partial charge is 0.408 e. The summed E-state index contributed by atoms with van der Waals surface area (Å²) < 4.78 is 28.3. The lowest BCUT2D eigenvalue weighted by atomic mass is 9.96. The fraction of sp³-hybridized carbons (Fsp3) is 0.652. The van der Waals surface area contributed by atoms with Gasteiger partial charge in [0.2, 0.25) is 0 Å². The molecule has 1 saturated heterocycles. The average molecular weight is 438 g/mol. The molecule has 1 aromatic carbocycles. The van der Waals surface area contributed by atoms with Crippen molar-refractivity contribution in [2.45, 2.75) is 77.4 Å². The van der Waals surface area contributed by atoms with Crippen LogP contribution in [-0.2, 0) is 29.5 Å². The second kappa shape index (κ2) is 9.87. The molecule has 0 saturated carbocycles. The number of hydrogen-bond donors (Lipinski definition) is 1. The molecular weight excluding hydrogens is 402 g/mol. The van der Waals surface area contributed by atoms with Crippen LogP contribution in [-0.4, -0.2) is 49.6 Å². The van der Waals surface area contributed by atoms with E-state index in [-0.39, 0.29) is 6.42 Å². The first-order chi connectivity index (χ1) is 14.4. The molecule has 1 atom stereocenters. The molecule has 8 heteroatoms. The topological polar surface area (TPSA) is 92.3 Å². The number of esters is 1. The number of rotatable bonds is 7. The third kappa shape index (κ3) is 7.40. The Morgan fingerprint density at radius 3 is 2.16 bits per heavy atom. The predicted octanol–water partition coefficient (Wildman–Crippen LogP) is 3.91. The standard InChI is InChI=1S/C23H35NO7/c1-21(2,3)30-19(25)17(24-20(26)31-22(4,5)6)12-13-23(28-14-15-29-23)16-10-8-9-11-18(16)27-7/h8-11,17H,12-15H2,1-7H3,(H,24,26)/t17-/m0/s1.